The maximum absolute atomic E-state index is 13.4. The van der Waals surface area contributed by atoms with Crippen molar-refractivity contribution in [2.24, 2.45) is 0 Å². The van der Waals surface area contributed by atoms with Crippen molar-refractivity contribution in [3.63, 3.8) is 0 Å². The molecule has 0 spiro atoms. The topological polar surface area (TPSA) is 87.5 Å². The zero-order valence-corrected chi connectivity index (χ0v) is 21.1. The minimum Gasteiger partial charge on any atom is -0.459 e. The number of aromatic nitrogens is 1. The third kappa shape index (κ3) is 4.82. The van der Waals surface area contributed by atoms with Crippen LogP contribution in [0.4, 0.5) is 15.8 Å². The van der Waals surface area contributed by atoms with E-state index in [0.717, 1.165) is 28.8 Å². The number of sulfonamides is 1. The summed E-state index contributed by atoms with van der Waals surface area (Å²) in [4.78, 5) is 6.48. The molecule has 3 heterocycles. The number of nitrogens with zero attached hydrogens (tertiary/aromatic N) is 2. The van der Waals surface area contributed by atoms with Crippen molar-refractivity contribution in [1.29, 1.82) is 0 Å². The van der Waals surface area contributed by atoms with Gasteiger partial charge in [-0.15, -0.1) is 0 Å². The summed E-state index contributed by atoms with van der Waals surface area (Å²) in [6.45, 7) is 1.83. The number of nitrogens with one attached hydrogen (secondary N) is 2. The Morgan fingerprint density at radius 2 is 1.86 bits per heavy atom. The lowest BCUT2D eigenvalue weighted by molar-refractivity contribution is 0.439. The van der Waals surface area contributed by atoms with E-state index in [0.29, 0.717) is 22.3 Å². The number of benzene rings is 2. The van der Waals surface area contributed by atoms with Crippen molar-refractivity contribution in [3.05, 3.63) is 102 Å². The van der Waals surface area contributed by atoms with Gasteiger partial charge in [-0.25, -0.2) is 12.8 Å². The average Bonchev–Trinajstić information content (AvgIpc) is 3.45. The Morgan fingerprint density at radius 1 is 1.08 bits per heavy atom. The number of thiocarbonyl (C=S) groups is 1. The second-order valence-electron chi connectivity index (χ2n) is 8.58. The summed E-state index contributed by atoms with van der Waals surface area (Å²) in [5.41, 5.74) is 3.55. The Labute approximate surface area is 214 Å². The lowest BCUT2D eigenvalue weighted by Crippen LogP contribution is -2.29. The fraction of sp³-hybridized carbons (Fsp3) is 0.154. The van der Waals surface area contributed by atoms with Gasteiger partial charge in [0.15, 0.2) is 5.11 Å². The first-order valence-corrected chi connectivity index (χ1v) is 13.4. The van der Waals surface area contributed by atoms with Crippen LogP contribution in [0.15, 0.2) is 83.4 Å². The van der Waals surface area contributed by atoms with E-state index in [9.17, 15) is 12.8 Å². The summed E-state index contributed by atoms with van der Waals surface area (Å²) < 4.78 is 45.7. The van der Waals surface area contributed by atoms with Crippen LogP contribution < -0.4 is 14.9 Å². The molecule has 2 atom stereocenters. The van der Waals surface area contributed by atoms with Gasteiger partial charge in [0.1, 0.15) is 23.4 Å². The molecule has 7 nitrogen and oxygen atoms in total. The van der Waals surface area contributed by atoms with Gasteiger partial charge >= 0.3 is 0 Å². The molecule has 184 valence electrons. The Balaban J connectivity index is 1.57. The lowest BCUT2D eigenvalue weighted by atomic mass is 10.0. The minimum absolute atomic E-state index is 0.306. The normalized spacial score (nSPS) is 17.8. The van der Waals surface area contributed by atoms with Crippen LogP contribution in [0.3, 0.4) is 0 Å². The van der Waals surface area contributed by atoms with Crippen molar-refractivity contribution >= 4 is 38.7 Å². The molecule has 0 aliphatic carbocycles. The van der Waals surface area contributed by atoms with E-state index in [-0.39, 0.29) is 17.9 Å². The van der Waals surface area contributed by atoms with Crippen molar-refractivity contribution < 1.29 is 17.2 Å². The van der Waals surface area contributed by atoms with Gasteiger partial charge in [0.05, 0.1) is 23.7 Å². The van der Waals surface area contributed by atoms with Crippen LogP contribution in [0, 0.1) is 12.7 Å². The van der Waals surface area contributed by atoms with E-state index in [4.69, 9.17) is 16.6 Å². The van der Waals surface area contributed by atoms with Gasteiger partial charge in [-0.05, 0) is 91.4 Å². The number of hydrogen-bond acceptors (Lipinski definition) is 5. The average molecular weight is 523 g/mol. The molecule has 10 heteroatoms. The minimum atomic E-state index is -3.42. The fourth-order valence-corrected chi connectivity index (χ4v) is 5.29. The van der Waals surface area contributed by atoms with E-state index in [1.165, 1.54) is 12.1 Å². The van der Waals surface area contributed by atoms with Crippen molar-refractivity contribution in [2.75, 3.05) is 15.9 Å². The molecule has 1 aliphatic heterocycles. The first-order valence-electron chi connectivity index (χ1n) is 11.1. The Morgan fingerprint density at radius 3 is 2.53 bits per heavy atom. The van der Waals surface area contributed by atoms with Crippen molar-refractivity contribution in [2.45, 2.75) is 19.0 Å². The van der Waals surface area contributed by atoms with Crippen LogP contribution in [0.2, 0.25) is 0 Å². The molecule has 0 radical (unpaired) electrons. The summed E-state index contributed by atoms with van der Waals surface area (Å²) in [5, 5.41) is 3.85. The van der Waals surface area contributed by atoms with Crippen molar-refractivity contribution in [1.82, 2.24) is 10.3 Å². The highest BCUT2D eigenvalue weighted by atomic mass is 32.2. The predicted molar refractivity (Wildman–Crippen MR) is 142 cm³/mol. The Bertz CT molecular complexity index is 1520. The van der Waals surface area contributed by atoms with Crippen molar-refractivity contribution in [3.8, 4) is 11.3 Å². The molecule has 1 fully saturated rings. The quantitative estimate of drug-likeness (QED) is 0.331. The Kier molecular flexibility index (Phi) is 6.23. The zero-order chi connectivity index (χ0) is 25.4. The first-order chi connectivity index (χ1) is 17.2. The SMILES string of the molecule is Cc1cc(N2C(=S)N[C@@H](c3ccccn3)[C@H]2c2ccc(-c3ccc(F)cc3)o2)ccc1NS(C)(=O)=O. The molecule has 0 saturated carbocycles. The highest BCUT2D eigenvalue weighted by Crippen LogP contribution is 2.43. The molecular formula is C26H23FN4O3S2. The smallest absolute Gasteiger partial charge is 0.229 e. The van der Waals surface area contributed by atoms with Crippen LogP contribution in [0.25, 0.3) is 11.3 Å². The maximum atomic E-state index is 13.4. The second-order valence-corrected chi connectivity index (χ2v) is 10.7. The van der Waals surface area contributed by atoms with Gasteiger partial charge in [0.2, 0.25) is 10.0 Å². The zero-order valence-electron chi connectivity index (χ0n) is 19.5. The molecule has 36 heavy (non-hydrogen) atoms. The Hall–Kier alpha value is -3.76. The van der Waals surface area contributed by atoms with Crippen LogP contribution >= 0.6 is 12.2 Å². The monoisotopic (exact) mass is 522 g/mol. The number of furan rings is 1. The van der Waals surface area contributed by atoms with Gasteiger partial charge < -0.3 is 14.6 Å². The highest BCUT2D eigenvalue weighted by molar-refractivity contribution is 7.92. The van der Waals surface area contributed by atoms with Gasteiger partial charge in [0, 0.05) is 17.4 Å². The van der Waals surface area contributed by atoms with Crippen LogP contribution in [0.1, 0.15) is 29.1 Å². The number of rotatable bonds is 6. The van der Waals surface area contributed by atoms with E-state index in [1.54, 1.807) is 24.4 Å². The molecule has 2 aromatic heterocycles. The molecule has 4 aromatic rings. The van der Waals surface area contributed by atoms with Crippen LogP contribution in [-0.2, 0) is 10.0 Å². The molecule has 0 bridgehead atoms. The largest absolute Gasteiger partial charge is 0.459 e. The van der Waals surface area contributed by atoms with Gasteiger partial charge in [-0.1, -0.05) is 6.07 Å². The third-order valence-corrected chi connectivity index (χ3v) is 6.83. The number of hydrogen-bond donors (Lipinski definition) is 2. The number of anilines is 2. The van der Waals surface area contributed by atoms with E-state index >= 15 is 0 Å². The summed E-state index contributed by atoms with van der Waals surface area (Å²) in [6.07, 6.45) is 2.84. The number of halogens is 1. The third-order valence-electron chi connectivity index (χ3n) is 5.93. The van der Waals surface area contributed by atoms with Gasteiger partial charge in [-0.2, -0.15) is 0 Å². The first kappa shape index (κ1) is 24.0. The van der Waals surface area contributed by atoms with E-state index in [2.05, 4.69) is 15.0 Å². The second kappa shape index (κ2) is 9.36. The van der Waals surface area contributed by atoms with Crippen LogP contribution in [-0.4, -0.2) is 24.8 Å². The predicted octanol–water partition coefficient (Wildman–Crippen LogP) is 5.34. The molecule has 2 aromatic carbocycles. The fourth-order valence-electron chi connectivity index (χ4n) is 4.31. The van der Waals surface area contributed by atoms with E-state index in [1.807, 2.05) is 54.3 Å². The highest BCUT2D eigenvalue weighted by Gasteiger charge is 2.42. The maximum Gasteiger partial charge on any atom is 0.229 e. The number of aryl methyl sites for hydroxylation is 1. The molecular weight excluding hydrogens is 499 g/mol. The van der Waals surface area contributed by atoms with Crippen LogP contribution in [0.5, 0.6) is 0 Å². The molecule has 1 aliphatic rings. The summed E-state index contributed by atoms with van der Waals surface area (Å²) in [6, 6.07) is 20.2. The molecule has 5 rings (SSSR count). The summed E-state index contributed by atoms with van der Waals surface area (Å²) in [5.74, 6) is 0.932. The van der Waals surface area contributed by atoms with Gasteiger partial charge in [-0.3, -0.25) is 9.71 Å². The number of pyridine rings is 1. The molecule has 0 unspecified atom stereocenters. The molecule has 1 saturated heterocycles. The molecule has 0 amide bonds. The molecule has 2 N–H and O–H groups in total. The van der Waals surface area contributed by atoms with E-state index < -0.39 is 10.0 Å². The van der Waals surface area contributed by atoms with Gasteiger partial charge in [0.25, 0.3) is 0 Å². The lowest BCUT2D eigenvalue weighted by Gasteiger charge is -2.26. The standard InChI is InChI=1S/C26H23FN4O3S2/c1-16-15-19(10-11-20(16)30-36(2,32)33)31-25(24(29-26(31)35)21-5-3-4-14-28-21)23-13-12-22(34-23)17-6-8-18(27)9-7-17/h3-15,24-25,30H,1-2H3,(H,29,35)/t24-,25+/m0/s1. The summed E-state index contributed by atoms with van der Waals surface area (Å²) in [7, 11) is -3.42. The summed E-state index contributed by atoms with van der Waals surface area (Å²) >= 11 is 5.75.